The molecule has 0 N–H and O–H groups in total. The molecule has 0 saturated heterocycles. The molecule has 0 spiro atoms. The van der Waals surface area contributed by atoms with Crippen molar-refractivity contribution in [1.82, 2.24) is 15.0 Å². The van der Waals surface area contributed by atoms with Gasteiger partial charge in [0.05, 0.1) is 16.6 Å². The van der Waals surface area contributed by atoms with Crippen LogP contribution >= 0.6 is 27.5 Å². The lowest BCUT2D eigenvalue weighted by Crippen LogP contribution is -2.06. The van der Waals surface area contributed by atoms with E-state index in [1.54, 1.807) is 6.20 Å². The minimum absolute atomic E-state index is 0.469. The molecule has 0 bridgehead atoms. The van der Waals surface area contributed by atoms with Crippen LogP contribution in [0.5, 0.6) is 0 Å². The van der Waals surface area contributed by atoms with Crippen LogP contribution in [0.3, 0.4) is 0 Å². The smallest absolute Gasteiger partial charge is 0.147 e. The number of hydrogen-bond acceptors (Lipinski definition) is 3. The molecule has 5 heteroatoms. The Morgan fingerprint density at radius 2 is 2.05 bits per heavy atom. The van der Waals surface area contributed by atoms with Crippen molar-refractivity contribution >= 4 is 27.5 Å². The number of pyridine rings is 1. The molecule has 3 nitrogen and oxygen atoms in total. The molecule has 0 saturated carbocycles. The molecule has 0 unspecified atom stereocenters. The fourth-order valence-electron chi connectivity index (χ4n) is 1.78. The van der Waals surface area contributed by atoms with Crippen LogP contribution in [0.15, 0.2) is 28.9 Å². The summed E-state index contributed by atoms with van der Waals surface area (Å²) in [6.07, 6.45) is 3.24. The van der Waals surface area contributed by atoms with Crippen LogP contribution in [0.25, 0.3) is 0 Å². The molecule has 0 aromatic carbocycles. The van der Waals surface area contributed by atoms with Crippen LogP contribution in [0.4, 0.5) is 0 Å². The van der Waals surface area contributed by atoms with Crippen molar-refractivity contribution in [2.24, 2.45) is 5.92 Å². The van der Waals surface area contributed by atoms with Crippen molar-refractivity contribution in [3.63, 3.8) is 0 Å². The molecule has 2 rings (SSSR count). The summed E-state index contributed by atoms with van der Waals surface area (Å²) >= 11 is 9.61. The van der Waals surface area contributed by atoms with Gasteiger partial charge in [-0.25, -0.2) is 9.97 Å². The van der Waals surface area contributed by atoms with Crippen molar-refractivity contribution < 1.29 is 0 Å². The summed E-state index contributed by atoms with van der Waals surface area (Å²) in [5, 5.41) is 0.469. The average molecular weight is 341 g/mol. The van der Waals surface area contributed by atoms with Crippen molar-refractivity contribution in [2.45, 2.75) is 26.7 Å². The molecule has 0 aliphatic carbocycles. The van der Waals surface area contributed by atoms with E-state index in [0.29, 0.717) is 23.3 Å². The predicted molar refractivity (Wildman–Crippen MR) is 80.3 cm³/mol. The van der Waals surface area contributed by atoms with Gasteiger partial charge in [-0.15, -0.1) is 0 Å². The SMILES string of the molecule is CC(C)Cc1nc(Cc2ccccn2)nc(Cl)c1Br. The highest BCUT2D eigenvalue weighted by Crippen LogP contribution is 2.25. The van der Waals surface area contributed by atoms with Crippen LogP contribution in [0.1, 0.15) is 31.1 Å². The van der Waals surface area contributed by atoms with Gasteiger partial charge in [0.2, 0.25) is 0 Å². The maximum Gasteiger partial charge on any atom is 0.147 e. The lowest BCUT2D eigenvalue weighted by Gasteiger charge is -2.10. The van der Waals surface area contributed by atoms with Gasteiger partial charge in [-0.05, 0) is 40.4 Å². The normalized spacial score (nSPS) is 11.0. The number of halogens is 2. The molecular weight excluding hydrogens is 326 g/mol. The molecule has 100 valence electrons. The summed E-state index contributed by atoms with van der Waals surface area (Å²) in [6, 6.07) is 5.81. The van der Waals surface area contributed by atoms with Gasteiger partial charge in [0, 0.05) is 11.9 Å². The first-order valence-electron chi connectivity index (χ1n) is 6.17. The number of nitrogens with zero attached hydrogens (tertiary/aromatic N) is 3. The van der Waals surface area contributed by atoms with E-state index in [9.17, 15) is 0 Å². The Morgan fingerprint density at radius 3 is 2.68 bits per heavy atom. The van der Waals surface area contributed by atoms with Crippen molar-refractivity contribution in [1.29, 1.82) is 0 Å². The van der Waals surface area contributed by atoms with Gasteiger partial charge < -0.3 is 0 Å². The van der Waals surface area contributed by atoms with E-state index in [1.165, 1.54) is 0 Å². The number of aromatic nitrogens is 3. The highest BCUT2D eigenvalue weighted by molar-refractivity contribution is 9.10. The van der Waals surface area contributed by atoms with E-state index >= 15 is 0 Å². The van der Waals surface area contributed by atoms with Crippen molar-refractivity contribution in [2.75, 3.05) is 0 Å². The van der Waals surface area contributed by atoms with E-state index in [0.717, 1.165) is 22.3 Å². The standard InChI is InChI=1S/C14H15BrClN3/c1-9(2)7-11-13(15)14(16)19-12(18-11)8-10-5-3-4-6-17-10/h3-6,9H,7-8H2,1-2H3. The maximum absolute atomic E-state index is 6.15. The minimum atomic E-state index is 0.469. The molecule has 2 heterocycles. The number of hydrogen-bond donors (Lipinski definition) is 0. The van der Waals surface area contributed by atoms with E-state index in [4.69, 9.17) is 11.6 Å². The van der Waals surface area contributed by atoms with Crippen molar-refractivity contribution in [3.8, 4) is 0 Å². The summed E-state index contributed by atoms with van der Waals surface area (Å²) in [4.78, 5) is 13.2. The zero-order chi connectivity index (χ0) is 13.8. The van der Waals surface area contributed by atoms with E-state index in [2.05, 4.69) is 44.7 Å². The van der Waals surface area contributed by atoms with Crippen LogP contribution in [-0.4, -0.2) is 15.0 Å². The van der Waals surface area contributed by atoms with Crippen LogP contribution in [-0.2, 0) is 12.8 Å². The zero-order valence-corrected chi connectivity index (χ0v) is 13.2. The van der Waals surface area contributed by atoms with Crippen molar-refractivity contribution in [3.05, 3.63) is 51.2 Å². The molecule has 0 atom stereocenters. The minimum Gasteiger partial charge on any atom is -0.261 e. The monoisotopic (exact) mass is 339 g/mol. The second-order valence-electron chi connectivity index (χ2n) is 4.79. The molecule has 2 aromatic heterocycles. The third kappa shape index (κ3) is 3.98. The van der Waals surface area contributed by atoms with E-state index in [-0.39, 0.29) is 0 Å². The summed E-state index contributed by atoms with van der Waals surface area (Å²) in [7, 11) is 0. The van der Waals surface area contributed by atoms with Crippen LogP contribution in [0, 0.1) is 5.92 Å². The van der Waals surface area contributed by atoms with E-state index < -0.39 is 0 Å². The first-order valence-corrected chi connectivity index (χ1v) is 7.34. The number of rotatable bonds is 4. The average Bonchev–Trinajstić information content (AvgIpc) is 2.36. The van der Waals surface area contributed by atoms with Gasteiger partial charge in [0.25, 0.3) is 0 Å². The Hall–Kier alpha value is -1.00. The van der Waals surface area contributed by atoms with Gasteiger partial charge >= 0.3 is 0 Å². The summed E-state index contributed by atoms with van der Waals surface area (Å²) in [5.41, 5.74) is 1.90. The fourth-order valence-corrected chi connectivity index (χ4v) is 2.32. The molecule has 0 aliphatic rings. The first-order chi connectivity index (χ1) is 9.06. The van der Waals surface area contributed by atoms with E-state index in [1.807, 2.05) is 18.2 Å². The molecule has 0 amide bonds. The fraction of sp³-hybridized carbons (Fsp3) is 0.357. The Kier molecular flexibility index (Phi) is 4.88. The molecule has 19 heavy (non-hydrogen) atoms. The second-order valence-corrected chi connectivity index (χ2v) is 5.94. The zero-order valence-electron chi connectivity index (χ0n) is 10.9. The first kappa shape index (κ1) is 14.4. The predicted octanol–water partition coefficient (Wildman–Crippen LogP) is 4.08. The lowest BCUT2D eigenvalue weighted by molar-refractivity contribution is 0.628. The van der Waals surface area contributed by atoms with Crippen LogP contribution < -0.4 is 0 Å². The largest absolute Gasteiger partial charge is 0.261 e. The highest BCUT2D eigenvalue weighted by Gasteiger charge is 2.12. The summed E-state index contributed by atoms with van der Waals surface area (Å²) in [6.45, 7) is 4.31. The van der Waals surface area contributed by atoms with Gasteiger partial charge in [0.15, 0.2) is 0 Å². The molecule has 0 radical (unpaired) electrons. The maximum atomic E-state index is 6.15. The molecular formula is C14H15BrClN3. The van der Waals surface area contributed by atoms with Gasteiger partial charge in [0.1, 0.15) is 11.0 Å². The van der Waals surface area contributed by atoms with Gasteiger partial charge in [-0.2, -0.15) is 0 Å². The second kappa shape index (κ2) is 6.44. The summed E-state index contributed by atoms with van der Waals surface area (Å²) in [5.74, 6) is 1.23. The third-order valence-corrected chi connectivity index (χ3v) is 3.93. The Bertz CT molecular complexity index is 558. The topological polar surface area (TPSA) is 38.7 Å². The van der Waals surface area contributed by atoms with Crippen LogP contribution in [0.2, 0.25) is 5.15 Å². The molecule has 0 fully saturated rings. The summed E-state index contributed by atoms with van der Waals surface area (Å²) < 4.78 is 0.799. The lowest BCUT2D eigenvalue weighted by atomic mass is 10.1. The Labute approximate surface area is 126 Å². The Morgan fingerprint density at radius 1 is 1.26 bits per heavy atom. The quantitative estimate of drug-likeness (QED) is 0.787. The Balaban J connectivity index is 2.29. The molecule has 0 aliphatic heterocycles. The molecule has 2 aromatic rings. The van der Waals surface area contributed by atoms with Gasteiger partial charge in [-0.3, -0.25) is 4.98 Å². The third-order valence-electron chi connectivity index (χ3n) is 2.59. The highest BCUT2D eigenvalue weighted by atomic mass is 79.9. The van der Waals surface area contributed by atoms with Gasteiger partial charge in [-0.1, -0.05) is 31.5 Å².